The van der Waals surface area contributed by atoms with Crippen LogP contribution in [0.25, 0.3) is 11.0 Å². The number of anilines is 3. The Balaban J connectivity index is 1.26. The number of piperazine rings is 1. The minimum Gasteiger partial charge on any atom is -0.368 e. The number of likely N-dealkylation sites (N-methyl/N-ethyl adjacent to an activating group) is 1. The number of amides is 1. The number of nitrogens with one attached hydrogen (secondary N) is 2. The third-order valence-electron chi connectivity index (χ3n) is 7.04. The molecule has 2 fully saturated rings. The first-order valence-corrected chi connectivity index (χ1v) is 11.5. The highest BCUT2D eigenvalue weighted by Crippen LogP contribution is 2.36. The molecular formula is C23H28N8O. The Bertz CT molecular complexity index is 1150. The maximum Gasteiger partial charge on any atom is 0.268 e. The van der Waals surface area contributed by atoms with Gasteiger partial charge in [0.1, 0.15) is 17.2 Å². The van der Waals surface area contributed by atoms with Crippen molar-refractivity contribution in [3.8, 4) is 0 Å². The van der Waals surface area contributed by atoms with Gasteiger partial charge in [-0.05, 0) is 38.1 Å². The van der Waals surface area contributed by atoms with Crippen molar-refractivity contribution in [3.63, 3.8) is 0 Å². The number of pyridine rings is 1. The maximum atomic E-state index is 12.7. The minimum atomic E-state index is -0.0122. The first-order valence-electron chi connectivity index (χ1n) is 11.5. The van der Waals surface area contributed by atoms with E-state index in [1.807, 2.05) is 18.3 Å². The van der Waals surface area contributed by atoms with E-state index in [2.05, 4.69) is 48.1 Å². The molecular weight excluding hydrogens is 404 g/mol. The van der Waals surface area contributed by atoms with Gasteiger partial charge in [0, 0.05) is 43.8 Å². The van der Waals surface area contributed by atoms with Crippen LogP contribution in [0.15, 0.2) is 30.6 Å². The maximum absolute atomic E-state index is 12.7. The Morgan fingerprint density at radius 3 is 2.72 bits per heavy atom. The third kappa shape index (κ3) is 3.37. The summed E-state index contributed by atoms with van der Waals surface area (Å²) < 4.78 is 2.13. The molecule has 3 aliphatic rings. The van der Waals surface area contributed by atoms with Crippen molar-refractivity contribution in [2.75, 3.05) is 43.4 Å². The van der Waals surface area contributed by atoms with E-state index in [9.17, 15) is 4.79 Å². The molecule has 1 saturated carbocycles. The summed E-state index contributed by atoms with van der Waals surface area (Å²) in [6.45, 7) is 4.16. The van der Waals surface area contributed by atoms with Crippen LogP contribution in [0.5, 0.6) is 0 Å². The Labute approximate surface area is 186 Å². The molecule has 6 rings (SSSR count). The standard InChI is InChI=1S/C23H28N8O/c1-29-8-10-30(11-9-29)16-6-7-20(24-14-16)27-23-25-13-15-12-19-22(32)26-17-4-2-3-5-18(17)31(19)21(15)28-23/h6-7,12-14,17-18H,2-5,8-11H2,1H3,(H,26,32)(H,24,25,27,28)/t17-,18-/m1/s1. The zero-order valence-electron chi connectivity index (χ0n) is 18.3. The van der Waals surface area contributed by atoms with Crippen molar-refractivity contribution in [2.45, 2.75) is 37.8 Å². The van der Waals surface area contributed by atoms with Crippen LogP contribution in [0.3, 0.4) is 0 Å². The summed E-state index contributed by atoms with van der Waals surface area (Å²) in [4.78, 5) is 31.2. The van der Waals surface area contributed by atoms with Gasteiger partial charge in [0.15, 0.2) is 0 Å². The van der Waals surface area contributed by atoms with Crippen LogP contribution < -0.4 is 15.5 Å². The van der Waals surface area contributed by atoms with Crippen LogP contribution in [0.2, 0.25) is 0 Å². The van der Waals surface area contributed by atoms with Crippen molar-refractivity contribution >= 4 is 34.4 Å². The number of hydrogen-bond acceptors (Lipinski definition) is 7. The predicted molar refractivity (Wildman–Crippen MR) is 124 cm³/mol. The van der Waals surface area contributed by atoms with Gasteiger partial charge in [0.2, 0.25) is 5.95 Å². The lowest BCUT2D eigenvalue weighted by molar-refractivity contribution is 0.0855. The number of nitrogens with zero attached hydrogens (tertiary/aromatic N) is 6. The second-order valence-electron chi connectivity index (χ2n) is 9.12. The van der Waals surface area contributed by atoms with E-state index < -0.39 is 0 Å². The zero-order chi connectivity index (χ0) is 21.7. The molecule has 9 nitrogen and oxygen atoms in total. The van der Waals surface area contributed by atoms with Gasteiger partial charge in [0.05, 0.1) is 17.9 Å². The van der Waals surface area contributed by atoms with Crippen molar-refractivity contribution in [2.24, 2.45) is 0 Å². The van der Waals surface area contributed by atoms with Gasteiger partial charge in [-0.1, -0.05) is 12.8 Å². The van der Waals surface area contributed by atoms with Gasteiger partial charge >= 0.3 is 0 Å². The van der Waals surface area contributed by atoms with Gasteiger partial charge in [-0.25, -0.2) is 9.97 Å². The van der Waals surface area contributed by atoms with E-state index in [-0.39, 0.29) is 18.0 Å². The van der Waals surface area contributed by atoms with Crippen LogP contribution in [-0.2, 0) is 0 Å². The number of carbonyl (C=O) groups is 1. The summed E-state index contributed by atoms with van der Waals surface area (Å²) in [6.07, 6.45) is 8.12. The minimum absolute atomic E-state index is 0.0122. The average molecular weight is 433 g/mol. The molecule has 0 bridgehead atoms. The summed E-state index contributed by atoms with van der Waals surface area (Å²) in [5.41, 5.74) is 2.64. The Morgan fingerprint density at radius 2 is 1.91 bits per heavy atom. The van der Waals surface area contributed by atoms with Gasteiger partial charge in [-0.3, -0.25) is 4.79 Å². The van der Waals surface area contributed by atoms with Gasteiger partial charge < -0.3 is 25.0 Å². The molecule has 3 aromatic rings. The highest BCUT2D eigenvalue weighted by Gasteiger charge is 2.36. The molecule has 9 heteroatoms. The first-order chi connectivity index (χ1) is 15.7. The lowest BCUT2D eigenvalue weighted by Gasteiger charge is -2.38. The monoisotopic (exact) mass is 432 g/mol. The topological polar surface area (TPSA) is 91.2 Å². The highest BCUT2D eigenvalue weighted by molar-refractivity contribution is 5.99. The van der Waals surface area contributed by atoms with E-state index >= 15 is 0 Å². The molecule has 2 aliphatic heterocycles. The molecule has 0 aromatic carbocycles. The van der Waals surface area contributed by atoms with E-state index in [1.54, 1.807) is 6.20 Å². The van der Waals surface area contributed by atoms with Crippen molar-refractivity contribution in [1.82, 2.24) is 29.7 Å². The average Bonchev–Trinajstić information content (AvgIpc) is 3.20. The summed E-state index contributed by atoms with van der Waals surface area (Å²) in [5.74, 6) is 1.19. The largest absolute Gasteiger partial charge is 0.368 e. The predicted octanol–water partition coefficient (Wildman–Crippen LogP) is 2.55. The molecule has 3 aromatic heterocycles. The normalized spacial score (nSPS) is 23.5. The van der Waals surface area contributed by atoms with Gasteiger partial charge in [-0.2, -0.15) is 4.98 Å². The van der Waals surface area contributed by atoms with Gasteiger partial charge in [-0.15, -0.1) is 0 Å². The summed E-state index contributed by atoms with van der Waals surface area (Å²) in [6, 6.07) is 6.42. The second kappa shape index (κ2) is 7.74. The number of rotatable bonds is 3. The van der Waals surface area contributed by atoms with Gasteiger partial charge in [0.25, 0.3) is 5.91 Å². The van der Waals surface area contributed by atoms with Crippen LogP contribution >= 0.6 is 0 Å². The number of fused-ring (bicyclic) bond motifs is 5. The fourth-order valence-corrected chi connectivity index (χ4v) is 5.24. The summed E-state index contributed by atoms with van der Waals surface area (Å²) in [7, 11) is 2.16. The molecule has 2 atom stereocenters. The van der Waals surface area contributed by atoms with Crippen LogP contribution in [0, 0.1) is 0 Å². The molecule has 166 valence electrons. The smallest absolute Gasteiger partial charge is 0.268 e. The SMILES string of the molecule is CN1CCN(c2ccc(Nc3ncc4cc5n(c4n3)[C@@H]3CCCC[C@H]3NC5=O)nc2)CC1. The summed E-state index contributed by atoms with van der Waals surface area (Å²) >= 11 is 0. The molecule has 32 heavy (non-hydrogen) atoms. The van der Waals surface area contributed by atoms with Crippen molar-refractivity contribution < 1.29 is 4.79 Å². The van der Waals surface area contributed by atoms with E-state index in [0.29, 0.717) is 17.5 Å². The lowest BCUT2D eigenvalue weighted by atomic mass is 9.88. The molecule has 2 N–H and O–H groups in total. The molecule has 0 unspecified atom stereocenters. The number of hydrogen-bond donors (Lipinski definition) is 2. The molecule has 0 radical (unpaired) electrons. The van der Waals surface area contributed by atoms with Crippen LogP contribution in [-0.4, -0.2) is 69.6 Å². The number of aromatic nitrogens is 4. The molecule has 1 amide bonds. The quantitative estimate of drug-likeness (QED) is 0.657. The van der Waals surface area contributed by atoms with Crippen molar-refractivity contribution in [3.05, 3.63) is 36.3 Å². The van der Waals surface area contributed by atoms with E-state index in [4.69, 9.17) is 4.98 Å². The zero-order valence-corrected chi connectivity index (χ0v) is 18.3. The first kappa shape index (κ1) is 19.5. The number of carbonyl (C=O) groups excluding carboxylic acids is 1. The second-order valence-corrected chi connectivity index (χ2v) is 9.12. The highest BCUT2D eigenvalue weighted by atomic mass is 16.2. The molecule has 1 saturated heterocycles. The summed E-state index contributed by atoms with van der Waals surface area (Å²) in [5, 5.41) is 7.32. The van der Waals surface area contributed by atoms with Crippen molar-refractivity contribution in [1.29, 1.82) is 0 Å². The Kier molecular flexibility index (Phi) is 4.71. The fourth-order valence-electron chi connectivity index (χ4n) is 5.24. The molecule has 0 spiro atoms. The van der Waals surface area contributed by atoms with E-state index in [0.717, 1.165) is 62.2 Å². The van der Waals surface area contributed by atoms with Crippen LogP contribution in [0.4, 0.5) is 17.5 Å². The van der Waals surface area contributed by atoms with E-state index in [1.165, 1.54) is 6.42 Å². The molecule has 1 aliphatic carbocycles. The third-order valence-corrected chi connectivity index (χ3v) is 7.04. The Hall–Kier alpha value is -3.20. The molecule has 5 heterocycles. The fraction of sp³-hybridized carbons (Fsp3) is 0.478. The van der Waals surface area contributed by atoms with Crippen LogP contribution in [0.1, 0.15) is 42.2 Å². The Morgan fingerprint density at radius 1 is 1.06 bits per heavy atom. The lowest BCUT2D eigenvalue weighted by Crippen LogP contribution is -2.48.